The number of halogens is 1. The number of methoxy groups -OCH3 is 1. The molecule has 0 radical (unpaired) electrons. The molecule has 0 saturated carbocycles. The zero-order chi connectivity index (χ0) is 24.3. The third-order valence-corrected chi connectivity index (χ3v) is 6.57. The van der Waals surface area contributed by atoms with Crippen LogP contribution in [-0.2, 0) is 16.1 Å². The minimum Gasteiger partial charge on any atom is -0.465 e. The largest absolute Gasteiger partial charge is 0.465 e. The Morgan fingerprint density at radius 2 is 1.91 bits per heavy atom. The Morgan fingerprint density at radius 1 is 1.18 bits per heavy atom. The van der Waals surface area contributed by atoms with E-state index in [1.807, 2.05) is 20.8 Å². The maximum absolute atomic E-state index is 12.9. The second-order valence-electron chi connectivity index (χ2n) is 7.21. The highest BCUT2D eigenvalue weighted by atomic mass is 35.5. The lowest BCUT2D eigenvalue weighted by Gasteiger charge is -2.07. The normalized spacial score (nSPS) is 10.8. The molecule has 3 rings (SSSR count). The summed E-state index contributed by atoms with van der Waals surface area (Å²) in [5.41, 5.74) is 2.13. The Morgan fingerprint density at radius 3 is 2.52 bits per heavy atom. The molecular formula is C21H24ClN5O5S. The van der Waals surface area contributed by atoms with Crippen LogP contribution in [0, 0.1) is 20.8 Å². The zero-order valence-corrected chi connectivity index (χ0v) is 20.5. The molecule has 1 N–H and O–H groups in total. The number of ether oxygens (including phenoxy) is 2. The summed E-state index contributed by atoms with van der Waals surface area (Å²) in [4.78, 5) is 37.8. The van der Waals surface area contributed by atoms with E-state index in [0.29, 0.717) is 22.7 Å². The van der Waals surface area contributed by atoms with Gasteiger partial charge >= 0.3 is 11.9 Å². The van der Waals surface area contributed by atoms with Crippen molar-refractivity contribution in [2.75, 3.05) is 19.0 Å². The first-order chi connectivity index (χ1) is 15.7. The topological polar surface area (TPSA) is 117 Å². The van der Waals surface area contributed by atoms with Gasteiger partial charge in [0.25, 0.3) is 5.91 Å². The number of nitrogens with one attached hydrogen (secondary N) is 1. The summed E-state index contributed by atoms with van der Waals surface area (Å²) >= 11 is 7.13. The Bertz CT molecular complexity index is 1210. The van der Waals surface area contributed by atoms with Crippen molar-refractivity contribution in [2.45, 2.75) is 40.8 Å². The molecule has 0 spiro atoms. The molecule has 0 bridgehead atoms. The van der Waals surface area contributed by atoms with E-state index in [0.717, 1.165) is 17.0 Å². The predicted molar refractivity (Wildman–Crippen MR) is 123 cm³/mol. The minimum absolute atomic E-state index is 0.124. The Hall–Kier alpha value is -3.18. The number of esters is 2. The fourth-order valence-corrected chi connectivity index (χ4v) is 4.32. The molecule has 12 heteroatoms. The molecule has 10 nitrogen and oxygen atoms in total. The van der Waals surface area contributed by atoms with Crippen molar-refractivity contribution in [1.29, 1.82) is 0 Å². The summed E-state index contributed by atoms with van der Waals surface area (Å²) in [7, 11) is 1.25. The van der Waals surface area contributed by atoms with E-state index in [9.17, 15) is 14.4 Å². The van der Waals surface area contributed by atoms with E-state index < -0.39 is 17.8 Å². The molecule has 3 heterocycles. The second kappa shape index (κ2) is 10.2. The molecule has 176 valence electrons. The smallest absolute Gasteiger partial charge is 0.348 e. The lowest BCUT2D eigenvalue weighted by atomic mass is 10.1. The van der Waals surface area contributed by atoms with Crippen molar-refractivity contribution in [3.05, 3.63) is 50.4 Å². The van der Waals surface area contributed by atoms with E-state index in [2.05, 4.69) is 15.5 Å². The van der Waals surface area contributed by atoms with Crippen molar-refractivity contribution in [1.82, 2.24) is 19.6 Å². The van der Waals surface area contributed by atoms with Gasteiger partial charge in [0.1, 0.15) is 16.5 Å². The number of rotatable bonds is 8. The monoisotopic (exact) mass is 493 g/mol. The van der Waals surface area contributed by atoms with Crippen LogP contribution in [0.3, 0.4) is 0 Å². The number of aromatic nitrogens is 4. The molecule has 0 atom stereocenters. The standard InChI is InChI=1S/C21H24ClN5O5S/c1-6-9-32-20(29)15-11(2)17(21(30)31-5)33-19(15)23-18(28)14-7-8-26(25-14)10-27-13(4)16(22)12(3)24-27/h7-8H,6,9-10H2,1-5H3,(H,23,28). The van der Waals surface area contributed by atoms with Gasteiger partial charge in [-0.05, 0) is 38.8 Å². The average molecular weight is 494 g/mol. The molecule has 0 saturated heterocycles. The van der Waals surface area contributed by atoms with E-state index >= 15 is 0 Å². The van der Waals surface area contributed by atoms with E-state index in [1.54, 1.807) is 28.6 Å². The van der Waals surface area contributed by atoms with Gasteiger partial charge in [0.05, 0.1) is 35.7 Å². The summed E-state index contributed by atoms with van der Waals surface area (Å²) < 4.78 is 13.2. The first-order valence-electron chi connectivity index (χ1n) is 10.1. The van der Waals surface area contributed by atoms with Crippen LogP contribution in [0.25, 0.3) is 0 Å². The molecule has 0 aliphatic rings. The number of thiophene rings is 1. The summed E-state index contributed by atoms with van der Waals surface area (Å²) in [6.45, 7) is 7.61. The van der Waals surface area contributed by atoms with E-state index in [4.69, 9.17) is 21.1 Å². The van der Waals surface area contributed by atoms with Crippen molar-refractivity contribution >= 4 is 45.8 Å². The second-order valence-corrected chi connectivity index (χ2v) is 8.61. The van der Waals surface area contributed by atoms with Crippen molar-refractivity contribution in [2.24, 2.45) is 0 Å². The number of carbonyl (C=O) groups excluding carboxylic acids is 3. The number of nitrogens with zero attached hydrogens (tertiary/aromatic N) is 4. The van der Waals surface area contributed by atoms with Gasteiger partial charge in [-0.25, -0.2) is 14.3 Å². The molecule has 0 aliphatic carbocycles. The lowest BCUT2D eigenvalue weighted by molar-refractivity contribution is 0.0506. The fourth-order valence-electron chi connectivity index (χ4n) is 3.08. The van der Waals surface area contributed by atoms with Crippen molar-refractivity contribution in [3.63, 3.8) is 0 Å². The highest BCUT2D eigenvalue weighted by Gasteiger charge is 2.27. The van der Waals surface area contributed by atoms with Crippen LogP contribution >= 0.6 is 22.9 Å². The van der Waals surface area contributed by atoms with E-state index in [-0.39, 0.29) is 34.4 Å². The highest BCUT2D eigenvalue weighted by Crippen LogP contribution is 2.34. The maximum atomic E-state index is 12.9. The number of amides is 1. The van der Waals surface area contributed by atoms with Crippen molar-refractivity contribution < 1.29 is 23.9 Å². The number of carbonyl (C=O) groups is 3. The van der Waals surface area contributed by atoms with Gasteiger partial charge < -0.3 is 14.8 Å². The summed E-state index contributed by atoms with van der Waals surface area (Å²) in [5.74, 6) is -1.76. The molecule has 3 aromatic heterocycles. The molecule has 1 amide bonds. The molecular weight excluding hydrogens is 470 g/mol. The van der Waals surface area contributed by atoms with E-state index in [1.165, 1.54) is 7.11 Å². The molecule has 33 heavy (non-hydrogen) atoms. The van der Waals surface area contributed by atoms with Gasteiger partial charge in [0, 0.05) is 6.20 Å². The van der Waals surface area contributed by atoms with Crippen molar-refractivity contribution in [3.8, 4) is 0 Å². The van der Waals surface area contributed by atoms with Crippen LogP contribution in [0.1, 0.15) is 60.8 Å². The minimum atomic E-state index is -0.622. The van der Waals surface area contributed by atoms with Gasteiger partial charge in [-0.15, -0.1) is 11.3 Å². The van der Waals surface area contributed by atoms with Crippen LogP contribution in [0.15, 0.2) is 12.3 Å². The Kier molecular flexibility index (Phi) is 7.54. The summed E-state index contributed by atoms with van der Waals surface area (Å²) in [5, 5.41) is 12.1. The number of hydrogen-bond donors (Lipinski definition) is 1. The van der Waals surface area contributed by atoms with Crippen LogP contribution in [0.2, 0.25) is 5.02 Å². The average Bonchev–Trinajstić information content (AvgIpc) is 3.45. The Balaban J connectivity index is 1.84. The quantitative estimate of drug-likeness (QED) is 0.474. The van der Waals surface area contributed by atoms with Gasteiger partial charge in [-0.2, -0.15) is 10.2 Å². The zero-order valence-electron chi connectivity index (χ0n) is 18.9. The molecule has 0 fully saturated rings. The molecule has 0 aromatic carbocycles. The van der Waals surface area contributed by atoms with Crippen LogP contribution in [-0.4, -0.2) is 51.1 Å². The molecule has 3 aromatic rings. The first kappa shape index (κ1) is 24.5. The summed E-state index contributed by atoms with van der Waals surface area (Å²) in [6.07, 6.45) is 2.27. The predicted octanol–water partition coefficient (Wildman–Crippen LogP) is 3.83. The van der Waals surface area contributed by atoms with Crippen LogP contribution in [0.4, 0.5) is 5.00 Å². The molecule has 0 unspecified atom stereocenters. The number of anilines is 1. The van der Waals surface area contributed by atoms with Gasteiger partial charge in [-0.1, -0.05) is 18.5 Å². The lowest BCUT2D eigenvalue weighted by Crippen LogP contribution is -2.17. The SMILES string of the molecule is CCCOC(=O)c1c(NC(=O)c2ccn(Cn3nc(C)c(Cl)c3C)n2)sc(C(=O)OC)c1C. The number of aryl methyl sites for hydroxylation is 1. The summed E-state index contributed by atoms with van der Waals surface area (Å²) in [6, 6.07) is 1.54. The van der Waals surface area contributed by atoms with Crippen LogP contribution < -0.4 is 5.32 Å². The first-order valence-corrected chi connectivity index (χ1v) is 11.3. The van der Waals surface area contributed by atoms with Gasteiger partial charge in [0.2, 0.25) is 0 Å². The van der Waals surface area contributed by atoms with Gasteiger partial charge in [-0.3, -0.25) is 9.48 Å². The fraction of sp³-hybridized carbons (Fsp3) is 0.381. The highest BCUT2D eigenvalue weighted by molar-refractivity contribution is 7.18. The maximum Gasteiger partial charge on any atom is 0.348 e. The third-order valence-electron chi connectivity index (χ3n) is 4.83. The Labute approximate surface area is 199 Å². The molecule has 0 aliphatic heterocycles. The van der Waals surface area contributed by atoms with Gasteiger partial charge in [0.15, 0.2) is 5.69 Å². The number of hydrogen-bond acceptors (Lipinski definition) is 8. The third kappa shape index (κ3) is 5.09. The van der Waals surface area contributed by atoms with Crippen LogP contribution in [0.5, 0.6) is 0 Å².